The third-order valence-corrected chi connectivity index (χ3v) is 4.09. The topological polar surface area (TPSA) is 82.7 Å². The van der Waals surface area contributed by atoms with Crippen molar-refractivity contribution in [2.24, 2.45) is 0 Å². The Hall–Kier alpha value is -1.70. The Kier molecular flexibility index (Phi) is 7.25. The minimum Gasteiger partial charge on any atom is -0.493 e. The molecule has 0 unspecified atom stereocenters. The van der Waals surface area contributed by atoms with Crippen LogP contribution in [-0.4, -0.2) is 57.5 Å². The van der Waals surface area contributed by atoms with Crippen molar-refractivity contribution in [3.63, 3.8) is 0 Å². The van der Waals surface area contributed by atoms with Gasteiger partial charge < -0.3 is 19.7 Å². The van der Waals surface area contributed by atoms with E-state index < -0.39 is 0 Å². The summed E-state index contributed by atoms with van der Waals surface area (Å²) < 4.78 is 11.0. The fourth-order valence-electron chi connectivity index (χ4n) is 2.70. The summed E-state index contributed by atoms with van der Waals surface area (Å²) in [4.78, 5) is 12.0. The van der Waals surface area contributed by atoms with E-state index in [0.29, 0.717) is 17.9 Å². The van der Waals surface area contributed by atoms with Crippen LogP contribution < -0.4 is 15.0 Å². The summed E-state index contributed by atoms with van der Waals surface area (Å²) in [5.74, 6) is 0.700. The molecule has 1 aliphatic heterocycles. The molecule has 0 amide bonds. The van der Waals surface area contributed by atoms with E-state index in [9.17, 15) is 10.1 Å². The minimum absolute atomic E-state index is 0.135. The Labute approximate surface area is 136 Å². The Morgan fingerprint density at radius 1 is 1.35 bits per heavy atom. The van der Waals surface area contributed by atoms with Crippen molar-refractivity contribution in [3.8, 4) is 5.75 Å². The predicted molar refractivity (Wildman–Crippen MR) is 86.0 cm³/mol. The second kappa shape index (κ2) is 9.44. The summed E-state index contributed by atoms with van der Waals surface area (Å²) in [6.07, 6.45) is 0.967. The maximum atomic E-state index is 10.8. The van der Waals surface area contributed by atoms with Gasteiger partial charge in [0.2, 0.25) is 0 Å². The first-order chi connectivity index (χ1) is 11.2. The van der Waals surface area contributed by atoms with Gasteiger partial charge in [0.25, 0.3) is 5.69 Å². The molecule has 2 rings (SSSR count). The molecular weight excluding hydrogens is 298 g/mol. The van der Waals surface area contributed by atoms with E-state index >= 15 is 0 Å². The van der Waals surface area contributed by atoms with Gasteiger partial charge in [0.15, 0.2) is 0 Å². The third-order valence-electron chi connectivity index (χ3n) is 4.09. The monoisotopic (exact) mass is 325 g/mol. The van der Waals surface area contributed by atoms with Crippen LogP contribution in [0.2, 0.25) is 0 Å². The molecule has 7 nitrogen and oxygen atoms in total. The summed E-state index contributed by atoms with van der Waals surface area (Å²) in [5, 5.41) is 13.1. The van der Waals surface area contributed by atoms with E-state index in [1.165, 1.54) is 12.6 Å². The number of hydrogen-bond donors (Lipinski definition) is 2. The number of aryl methyl sites for hydroxylation is 1. The Balaban J connectivity index is 1.55. The summed E-state index contributed by atoms with van der Waals surface area (Å²) in [6.45, 7) is 9.74. The molecule has 0 spiro atoms. The van der Waals surface area contributed by atoms with Crippen LogP contribution in [0.3, 0.4) is 0 Å². The number of nitro benzene ring substituents is 1. The average molecular weight is 325 g/mol. The van der Waals surface area contributed by atoms with E-state index in [4.69, 9.17) is 9.47 Å². The van der Waals surface area contributed by atoms with Crippen molar-refractivity contribution in [3.05, 3.63) is 33.9 Å². The van der Waals surface area contributed by atoms with E-state index in [2.05, 4.69) is 5.32 Å². The number of ether oxygens (including phenoxy) is 2. The zero-order chi connectivity index (χ0) is 16.5. The largest absolute Gasteiger partial charge is 0.493 e. The van der Waals surface area contributed by atoms with Crippen molar-refractivity contribution in [1.82, 2.24) is 0 Å². The van der Waals surface area contributed by atoms with Crippen molar-refractivity contribution in [1.29, 1.82) is 0 Å². The number of nitrogens with two attached hydrogens (primary N) is 1. The molecule has 7 heteroatoms. The first kappa shape index (κ1) is 17.7. The van der Waals surface area contributed by atoms with Crippen molar-refractivity contribution >= 4 is 5.69 Å². The van der Waals surface area contributed by atoms with Gasteiger partial charge in [-0.05, 0) is 19.1 Å². The Morgan fingerprint density at radius 2 is 2.13 bits per heavy atom. The predicted octanol–water partition coefficient (Wildman–Crippen LogP) is -0.849. The number of rotatable bonds is 9. The van der Waals surface area contributed by atoms with E-state index in [1.807, 2.05) is 0 Å². The lowest BCUT2D eigenvalue weighted by Crippen LogP contribution is -3.16. The smallest absolute Gasteiger partial charge is 0.272 e. The Morgan fingerprint density at radius 3 is 2.83 bits per heavy atom. The molecule has 1 aliphatic rings. The zero-order valence-corrected chi connectivity index (χ0v) is 13.8. The van der Waals surface area contributed by atoms with Gasteiger partial charge in [-0.3, -0.25) is 10.1 Å². The zero-order valence-electron chi connectivity index (χ0n) is 13.8. The van der Waals surface area contributed by atoms with Gasteiger partial charge in [-0.2, -0.15) is 0 Å². The van der Waals surface area contributed by atoms with Crippen molar-refractivity contribution in [2.75, 3.05) is 52.5 Å². The van der Waals surface area contributed by atoms with Crippen LogP contribution in [0, 0.1) is 17.0 Å². The first-order valence-corrected chi connectivity index (χ1v) is 8.27. The van der Waals surface area contributed by atoms with E-state index in [-0.39, 0.29) is 10.6 Å². The van der Waals surface area contributed by atoms with E-state index in [0.717, 1.165) is 45.8 Å². The van der Waals surface area contributed by atoms with Gasteiger partial charge >= 0.3 is 0 Å². The summed E-state index contributed by atoms with van der Waals surface area (Å²) in [6, 6.07) is 4.89. The summed E-state index contributed by atoms with van der Waals surface area (Å²) in [5.41, 5.74) is 0.767. The molecule has 128 valence electrons. The fraction of sp³-hybridized carbons (Fsp3) is 0.625. The number of benzene rings is 1. The lowest BCUT2D eigenvalue weighted by molar-refractivity contribution is -0.919. The standard InChI is InChI=1S/C16H25N3O4/c1-14-13-15(3-4-16(14)19(20)21)23-10-2-5-17-6-7-18-8-11-22-12-9-18/h3-4,13,17H,2,5-12H2,1H3/p+2. The number of morpholine rings is 1. The highest BCUT2D eigenvalue weighted by atomic mass is 16.6. The lowest BCUT2D eigenvalue weighted by Gasteiger charge is -2.22. The first-order valence-electron chi connectivity index (χ1n) is 8.27. The number of hydrogen-bond acceptors (Lipinski definition) is 4. The number of quaternary nitrogens is 2. The maximum absolute atomic E-state index is 10.8. The molecule has 23 heavy (non-hydrogen) atoms. The van der Waals surface area contributed by atoms with Crippen LogP contribution in [0.15, 0.2) is 18.2 Å². The van der Waals surface area contributed by atoms with Gasteiger partial charge in [-0.15, -0.1) is 0 Å². The SMILES string of the molecule is Cc1cc(OCCC[NH2+]CC[NH+]2CCOCC2)ccc1[N+](=O)[O-]. The van der Waals surface area contributed by atoms with Crippen LogP contribution in [0.4, 0.5) is 5.69 Å². The summed E-state index contributed by atoms with van der Waals surface area (Å²) >= 11 is 0. The highest BCUT2D eigenvalue weighted by Crippen LogP contribution is 2.22. The number of nitro groups is 1. The molecular formula is C16H27N3O4+2. The molecule has 0 saturated carbocycles. The van der Waals surface area contributed by atoms with Crippen molar-refractivity contribution in [2.45, 2.75) is 13.3 Å². The molecule has 0 radical (unpaired) electrons. The van der Waals surface area contributed by atoms with Crippen molar-refractivity contribution < 1.29 is 24.6 Å². The van der Waals surface area contributed by atoms with Gasteiger partial charge in [0.05, 0.1) is 31.3 Å². The number of nitrogens with zero attached hydrogens (tertiary/aromatic N) is 1. The molecule has 1 fully saturated rings. The molecule has 1 aromatic carbocycles. The molecule has 3 N–H and O–H groups in total. The van der Waals surface area contributed by atoms with Gasteiger partial charge in [-0.25, -0.2) is 0 Å². The van der Waals surface area contributed by atoms with Gasteiger partial charge in [0.1, 0.15) is 31.9 Å². The summed E-state index contributed by atoms with van der Waals surface area (Å²) in [7, 11) is 0. The molecule has 0 aromatic heterocycles. The maximum Gasteiger partial charge on any atom is 0.272 e. The van der Waals surface area contributed by atoms with Gasteiger partial charge in [-0.1, -0.05) is 0 Å². The minimum atomic E-state index is -0.371. The van der Waals surface area contributed by atoms with Gasteiger partial charge in [0, 0.05) is 18.1 Å². The quantitative estimate of drug-likeness (QED) is 0.352. The average Bonchev–Trinajstić information content (AvgIpc) is 2.54. The van der Waals surface area contributed by atoms with Crippen LogP contribution in [0.1, 0.15) is 12.0 Å². The Bertz CT molecular complexity index is 504. The van der Waals surface area contributed by atoms with Crippen LogP contribution in [0.5, 0.6) is 5.75 Å². The lowest BCUT2D eigenvalue weighted by atomic mass is 10.2. The second-order valence-corrected chi connectivity index (χ2v) is 5.89. The second-order valence-electron chi connectivity index (χ2n) is 5.89. The highest BCUT2D eigenvalue weighted by molar-refractivity contribution is 5.44. The van der Waals surface area contributed by atoms with Crippen LogP contribution in [-0.2, 0) is 4.74 Å². The third kappa shape index (κ3) is 6.13. The van der Waals surface area contributed by atoms with E-state index in [1.54, 1.807) is 24.0 Å². The van der Waals surface area contributed by atoms with Crippen LogP contribution in [0.25, 0.3) is 0 Å². The molecule has 1 saturated heterocycles. The normalized spacial score (nSPS) is 15.5. The van der Waals surface area contributed by atoms with Crippen LogP contribution >= 0.6 is 0 Å². The molecule has 1 heterocycles. The fourth-order valence-corrected chi connectivity index (χ4v) is 2.70. The molecule has 1 aromatic rings. The molecule has 0 atom stereocenters. The molecule has 0 bridgehead atoms. The highest BCUT2D eigenvalue weighted by Gasteiger charge is 2.13. The number of nitrogens with one attached hydrogen (secondary N) is 1. The molecule has 0 aliphatic carbocycles.